The molecule has 0 atom stereocenters. The van der Waals surface area contributed by atoms with Crippen molar-refractivity contribution in [1.82, 2.24) is 10.3 Å². The van der Waals surface area contributed by atoms with Crippen LogP contribution in [-0.2, 0) is 0 Å². The van der Waals surface area contributed by atoms with Gasteiger partial charge in [-0.25, -0.2) is 4.98 Å². The predicted octanol–water partition coefficient (Wildman–Crippen LogP) is 6.92. The molecule has 1 aromatic heterocycles. The smallest absolute Gasteiger partial charge is 0.133 e. The van der Waals surface area contributed by atoms with E-state index in [4.69, 9.17) is 9.73 Å². The molecule has 2 rings (SSSR count). The number of aliphatic imine (C=N–C) groups is 1. The minimum absolute atomic E-state index is 0.0492. The molecule has 0 aliphatic heterocycles. The number of aliphatic hydroxyl groups is 1. The second-order valence-corrected chi connectivity index (χ2v) is 9.58. The first-order chi connectivity index (χ1) is 16.9. The van der Waals surface area contributed by atoms with E-state index in [0.717, 1.165) is 57.2 Å². The number of benzene rings is 1. The van der Waals surface area contributed by atoms with Gasteiger partial charge >= 0.3 is 0 Å². The number of aliphatic hydroxyl groups excluding tert-OH is 1. The van der Waals surface area contributed by atoms with Crippen molar-refractivity contribution in [3.05, 3.63) is 82.6 Å². The molecular formula is C29H39N3O2S. The van der Waals surface area contributed by atoms with Crippen molar-refractivity contribution < 1.29 is 9.84 Å². The molecule has 0 aliphatic rings. The van der Waals surface area contributed by atoms with Gasteiger partial charge in [-0.1, -0.05) is 56.7 Å². The zero-order chi connectivity index (χ0) is 25.6. The van der Waals surface area contributed by atoms with Crippen LogP contribution >= 0.6 is 11.3 Å². The molecular weight excluding hydrogens is 454 g/mol. The lowest BCUT2D eigenvalue weighted by Crippen LogP contribution is -2.21. The number of hydrogen-bond acceptors (Lipinski definition) is 5. The van der Waals surface area contributed by atoms with E-state index in [1.165, 1.54) is 5.57 Å². The fourth-order valence-electron chi connectivity index (χ4n) is 3.32. The van der Waals surface area contributed by atoms with Gasteiger partial charge < -0.3 is 15.2 Å². The molecule has 6 heteroatoms. The van der Waals surface area contributed by atoms with Crippen LogP contribution in [0.25, 0.3) is 10.6 Å². The van der Waals surface area contributed by atoms with Crippen LogP contribution in [0, 0.1) is 13.8 Å². The van der Waals surface area contributed by atoms with E-state index in [9.17, 15) is 5.11 Å². The monoisotopic (exact) mass is 493 g/mol. The summed E-state index contributed by atoms with van der Waals surface area (Å²) in [5, 5.41) is 13.6. The van der Waals surface area contributed by atoms with E-state index in [2.05, 4.69) is 61.9 Å². The molecule has 0 amide bonds. The Morgan fingerprint density at radius 3 is 2.71 bits per heavy atom. The Kier molecular flexibility index (Phi) is 12.2. The van der Waals surface area contributed by atoms with Gasteiger partial charge in [0.15, 0.2) is 0 Å². The normalized spacial score (nSPS) is 12.6. The highest BCUT2D eigenvalue weighted by Gasteiger charge is 2.16. The van der Waals surface area contributed by atoms with Crippen molar-refractivity contribution >= 4 is 17.2 Å². The molecule has 0 radical (unpaired) electrons. The maximum atomic E-state index is 9.32. The molecule has 2 N–H and O–H groups in total. The molecule has 35 heavy (non-hydrogen) atoms. The maximum absolute atomic E-state index is 9.32. The maximum Gasteiger partial charge on any atom is 0.133 e. The molecule has 0 spiro atoms. The lowest BCUT2D eigenvalue weighted by molar-refractivity contribution is 0.200. The summed E-state index contributed by atoms with van der Waals surface area (Å²) in [5.41, 5.74) is 4.98. The van der Waals surface area contributed by atoms with Crippen LogP contribution in [0.15, 0.2) is 71.6 Å². The van der Waals surface area contributed by atoms with Crippen LogP contribution in [-0.4, -0.2) is 35.7 Å². The zero-order valence-electron chi connectivity index (χ0n) is 21.7. The van der Waals surface area contributed by atoms with Crippen molar-refractivity contribution in [1.29, 1.82) is 0 Å². The molecule has 0 unspecified atom stereocenters. The van der Waals surface area contributed by atoms with Gasteiger partial charge in [0.2, 0.25) is 0 Å². The van der Waals surface area contributed by atoms with Gasteiger partial charge in [0.1, 0.15) is 23.2 Å². The number of allylic oxidation sites excluding steroid dienone is 4. The summed E-state index contributed by atoms with van der Waals surface area (Å²) < 4.78 is 5.89. The van der Waals surface area contributed by atoms with Crippen LogP contribution in [0.2, 0.25) is 0 Å². The highest BCUT2D eigenvalue weighted by molar-refractivity contribution is 7.14. The Labute approximate surface area is 214 Å². The first-order valence-electron chi connectivity index (χ1n) is 12.2. The van der Waals surface area contributed by atoms with Gasteiger partial charge in [0.25, 0.3) is 0 Å². The Balaban J connectivity index is 2.48. The Morgan fingerprint density at radius 2 is 2.06 bits per heavy atom. The summed E-state index contributed by atoms with van der Waals surface area (Å²) in [6.45, 7) is 15.2. The van der Waals surface area contributed by atoms with E-state index in [1.807, 2.05) is 38.4 Å². The molecule has 1 heterocycles. The number of amidine groups is 1. The summed E-state index contributed by atoms with van der Waals surface area (Å²) >= 11 is 1.64. The number of nitrogens with one attached hydrogen (secondary N) is 1. The average Bonchev–Trinajstić information content (AvgIpc) is 3.28. The molecule has 0 saturated heterocycles. The van der Waals surface area contributed by atoms with Gasteiger partial charge in [-0.05, 0) is 57.5 Å². The third kappa shape index (κ3) is 9.30. The topological polar surface area (TPSA) is 66.7 Å². The number of hydrogen-bond donors (Lipinski definition) is 2. The highest BCUT2D eigenvalue weighted by atomic mass is 32.1. The largest absolute Gasteiger partial charge is 0.491 e. The standard InChI is InChI=1S/C29H39N3O2S/c1-7-9-10-14-30-28(31-19-22(4)13-12-21(3)11-8-2)26-17-25(29-32-20-23(5)35-29)18-27(24(26)6)34-16-15-33/h10-14,17-18,20,33H,4,7-9,15-16,19H2,1-3,5-6H3,(H,30,31)/b13-12-,14-10+,21-11+. The second-order valence-electron chi connectivity index (χ2n) is 8.34. The fourth-order valence-corrected chi connectivity index (χ4v) is 4.07. The molecule has 0 aliphatic carbocycles. The summed E-state index contributed by atoms with van der Waals surface area (Å²) in [4.78, 5) is 10.6. The molecule has 1 aromatic carbocycles. The highest BCUT2D eigenvalue weighted by Crippen LogP contribution is 2.32. The lowest BCUT2D eigenvalue weighted by Gasteiger charge is -2.16. The minimum Gasteiger partial charge on any atom is -0.491 e. The number of unbranched alkanes of at least 4 members (excludes halogenated alkanes) is 1. The summed E-state index contributed by atoms with van der Waals surface area (Å²) in [6, 6.07) is 4.09. The average molecular weight is 494 g/mol. The SMILES string of the molecule is C=C(/C=C\C(C)=C\CC)CN=C(N/C=C/CCC)c1cc(-c2ncc(C)s2)cc(OCCO)c1C. The molecule has 0 fully saturated rings. The third-order valence-electron chi connectivity index (χ3n) is 5.17. The van der Waals surface area contributed by atoms with Gasteiger partial charge in [-0.15, -0.1) is 11.3 Å². The minimum atomic E-state index is -0.0492. The van der Waals surface area contributed by atoms with Crippen molar-refractivity contribution in [2.45, 2.75) is 53.9 Å². The summed E-state index contributed by atoms with van der Waals surface area (Å²) in [5.74, 6) is 1.46. The molecule has 2 aromatic rings. The van der Waals surface area contributed by atoms with E-state index >= 15 is 0 Å². The second kappa shape index (κ2) is 15.1. The van der Waals surface area contributed by atoms with E-state index in [0.29, 0.717) is 12.3 Å². The number of nitrogens with zero attached hydrogens (tertiary/aromatic N) is 2. The van der Waals surface area contributed by atoms with E-state index in [-0.39, 0.29) is 13.2 Å². The number of thiazole rings is 1. The Morgan fingerprint density at radius 1 is 1.26 bits per heavy atom. The van der Waals surface area contributed by atoms with Gasteiger partial charge in [-0.2, -0.15) is 0 Å². The van der Waals surface area contributed by atoms with Gasteiger partial charge in [0, 0.05) is 27.8 Å². The Hall–Kier alpha value is -2.96. The van der Waals surface area contributed by atoms with E-state index in [1.54, 1.807) is 11.3 Å². The van der Waals surface area contributed by atoms with Crippen molar-refractivity contribution in [3.63, 3.8) is 0 Å². The lowest BCUT2D eigenvalue weighted by atomic mass is 10.0. The van der Waals surface area contributed by atoms with Crippen molar-refractivity contribution in [3.8, 4) is 16.3 Å². The van der Waals surface area contributed by atoms with Crippen LogP contribution in [0.3, 0.4) is 0 Å². The Bertz CT molecular complexity index is 1090. The van der Waals surface area contributed by atoms with Gasteiger partial charge in [0.05, 0.1) is 13.2 Å². The molecule has 0 saturated carbocycles. The van der Waals surface area contributed by atoms with Crippen LogP contribution in [0.1, 0.15) is 56.0 Å². The van der Waals surface area contributed by atoms with Crippen LogP contribution < -0.4 is 10.1 Å². The number of aromatic nitrogens is 1. The van der Waals surface area contributed by atoms with Crippen LogP contribution in [0.4, 0.5) is 0 Å². The third-order valence-corrected chi connectivity index (χ3v) is 6.14. The molecule has 5 nitrogen and oxygen atoms in total. The van der Waals surface area contributed by atoms with Crippen molar-refractivity contribution in [2.75, 3.05) is 19.8 Å². The number of aryl methyl sites for hydroxylation is 1. The quantitative estimate of drug-likeness (QED) is 0.181. The van der Waals surface area contributed by atoms with Gasteiger partial charge in [-0.3, -0.25) is 4.99 Å². The van der Waals surface area contributed by atoms with E-state index < -0.39 is 0 Å². The zero-order valence-corrected chi connectivity index (χ0v) is 22.5. The van der Waals surface area contributed by atoms with Crippen LogP contribution in [0.5, 0.6) is 5.75 Å². The number of ether oxygens (including phenoxy) is 1. The first kappa shape index (κ1) is 28.3. The predicted molar refractivity (Wildman–Crippen MR) is 151 cm³/mol. The molecule has 0 bridgehead atoms. The summed E-state index contributed by atoms with van der Waals surface area (Å²) in [7, 11) is 0. The molecule has 188 valence electrons. The fraction of sp³-hybridized carbons (Fsp3) is 0.379. The summed E-state index contributed by atoms with van der Waals surface area (Å²) in [6.07, 6.45) is 15.3. The number of rotatable bonds is 13. The van der Waals surface area contributed by atoms with Crippen molar-refractivity contribution in [2.24, 2.45) is 4.99 Å². The first-order valence-corrected chi connectivity index (χ1v) is 13.0.